The lowest BCUT2D eigenvalue weighted by Crippen LogP contribution is -2.21. The third-order valence-electron chi connectivity index (χ3n) is 5.56. The van der Waals surface area contributed by atoms with Crippen molar-refractivity contribution in [1.82, 2.24) is 0 Å². The van der Waals surface area contributed by atoms with E-state index in [0.717, 1.165) is 0 Å². The number of rotatable bonds is 7. The quantitative estimate of drug-likeness (QED) is 0.394. The Kier molecular flexibility index (Phi) is 6.78. The van der Waals surface area contributed by atoms with E-state index in [1.54, 1.807) is 74.9 Å². The number of hydrogen-bond acceptors (Lipinski definition) is 8. The predicted molar refractivity (Wildman–Crippen MR) is 128 cm³/mol. The normalized spacial score (nSPS) is 14.3. The highest BCUT2D eigenvalue weighted by atomic mass is 16.5. The molecule has 3 aromatic rings. The number of methoxy groups -OCH3 is 2. The van der Waals surface area contributed by atoms with Crippen LogP contribution in [0.2, 0.25) is 0 Å². The summed E-state index contributed by atoms with van der Waals surface area (Å²) in [6.45, 7) is 2.25. The maximum absolute atomic E-state index is 12.8. The summed E-state index contributed by atoms with van der Waals surface area (Å²) in [5, 5.41) is 9.86. The van der Waals surface area contributed by atoms with Gasteiger partial charge in [0, 0.05) is 17.2 Å². The molecular weight excluding hydrogens is 448 g/mol. The van der Waals surface area contributed by atoms with Gasteiger partial charge in [0.2, 0.25) is 5.88 Å². The number of para-hydroxylation sites is 1. The van der Waals surface area contributed by atoms with Gasteiger partial charge in [-0.25, -0.2) is 4.79 Å². The van der Waals surface area contributed by atoms with Gasteiger partial charge in [-0.3, -0.25) is 0 Å². The molecule has 8 nitrogen and oxygen atoms in total. The van der Waals surface area contributed by atoms with Crippen LogP contribution in [0.5, 0.6) is 28.7 Å². The lowest BCUT2D eigenvalue weighted by atomic mass is 9.83. The number of nitrogens with two attached hydrogens (primary N) is 1. The van der Waals surface area contributed by atoms with E-state index in [1.165, 1.54) is 0 Å². The van der Waals surface area contributed by atoms with Crippen LogP contribution in [0.25, 0.3) is 0 Å². The standard InChI is InChI=1S/C27H24N2O6/c1-4-33-23-8-6-5-7-19(23)27(30)34-17-9-11-18-24(14-17)35-26(29)21(15-28)25(18)20-13-16(31-2)10-12-22(20)32-3/h5-14,25H,4,29H2,1-3H3. The van der Waals surface area contributed by atoms with Crippen LogP contribution < -0.4 is 29.4 Å². The zero-order valence-corrected chi connectivity index (χ0v) is 19.5. The summed E-state index contributed by atoms with van der Waals surface area (Å²) < 4.78 is 27.8. The minimum absolute atomic E-state index is 0.0416. The minimum Gasteiger partial charge on any atom is -0.497 e. The number of carbonyl (C=O) groups is 1. The lowest BCUT2D eigenvalue weighted by molar-refractivity contribution is 0.0730. The van der Waals surface area contributed by atoms with Gasteiger partial charge in [-0.15, -0.1) is 0 Å². The number of benzene rings is 3. The summed E-state index contributed by atoms with van der Waals surface area (Å²) >= 11 is 0. The number of esters is 1. The summed E-state index contributed by atoms with van der Waals surface area (Å²) in [5.41, 5.74) is 8.02. The Morgan fingerprint density at radius 3 is 2.49 bits per heavy atom. The van der Waals surface area contributed by atoms with Gasteiger partial charge in [-0.05, 0) is 43.3 Å². The van der Waals surface area contributed by atoms with E-state index < -0.39 is 11.9 Å². The Bertz CT molecular complexity index is 1340. The van der Waals surface area contributed by atoms with E-state index in [-0.39, 0.29) is 17.2 Å². The Balaban J connectivity index is 1.73. The Labute approximate surface area is 203 Å². The van der Waals surface area contributed by atoms with Crippen molar-refractivity contribution < 1.29 is 28.5 Å². The summed E-state index contributed by atoms with van der Waals surface area (Å²) in [4.78, 5) is 12.8. The number of carbonyl (C=O) groups excluding carboxylic acids is 1. The highest BCUT2D eigenvalue weighted by Gasteiger charge is 2.33. The monoisotopic (exact) mass is 472 g/mol. The van der Waals surface area contributed by atoms with Gasteiger partial charge in [0.05, 0.1) is 26.7 Å². The molecule has 1 heterocycles. The molecule has 0 amide bonds. The highest BCUT2D eigenvalue weighted by molar-refractivity contribution is 5.94. The first kappa shape index (κ1) is 23.5. The Hall–Kier alpha value is -4.64. The van der Waals surface area contributed by atoms with Crippen molar-refractivity contribution in [1.29, 1.82) is 5.26 Å². The summed E-state index contributed by atoms with van der Waals surface area (Å²) in [7, 11) is 3.11. The third kappa shape index (κ3) is 4.57. The molecule has 0 bridgehead atoms. The number of nitrogens with zero attached hydrogens (tertiary/aromatic N) is 1. The molecule has 35 heavy (non-hydrogen) atoms. The van der Waals surface area contributed by atoms with Gasteiger partial charge in [0.25, 0.3) is 0 Å². The lowest BCUT2D eigenvalue weighted by Gasteiger charge is -2.28. The van der Waals surface area contributed by atoms with E-state index in [2.05, 4.69) is 6.07 Å². The van der Waals surface area contributed by atoms with Crippen molar-refractivity contribution >= 4 is 5.97 Å². The van der Waals surface area contributed by atoms with Crippen molar-refractivity contribution in [3.05, 3.63) is 88.8 Å². The number of ether oxygens (including phenoxy) is 5. The molecule has 0 fully saturated rings. The van der Waals surface area contributed by atoms with Crippen molar-refractivity contribution in [3.8, 4) is 34.8 Å². The second kappa shape index (κ2) is 10.1. The number of fused-ring (bicyclic) bond motifs is 1. The highest BCUT2D eigenvalue weighted by Crippen LogP contribution is 2.46. The van der Waals surface area contributed by atoms with Crippen LogP contribution in [-0.4, -0.2) is 26.8 Å². The number of allylic oxidation sites excluding steroid dienone is 1. The van der Waals surface area contributed by atoms with Gasteiger partial charge in [-0.2, -0.15) is 5.26 Å². The molecule has 0 aliphatic carbocycles. The number of nitriles is 1. The molecule has 2 N–H and O–H groups in total. The van der Waals surface area contributed by atoms with Crippen LogP contribution in [0.3, 0.4) is 0 Å². The smallest absolute Gasteiger partial charge is 0.347 e. The topological polar surface area (TPSA) is 113 Å². The molecule has 4 rings (SSSR count). The van der Waals surface area contributed by atoms with Gasteiger partial charge in [0.15, 0.2) is 0 Å². The van der Waals surface area contributed by atoms with Crippen LogP contribution in [0.4, 0.5) is 0 Å². The zero-order chi connectivity index (χ0) is 24.9. The van der Waals surface area contributed by atoms with Crippen molar-refractivity contribution in [2.24, 2.45) is 5.73 Å². The first-order valence-electron chi connectivity index (χ1n) is 10.9. The minimum atomic E-state index is -0.572. The van der Waals surface area contributed by atoms with Crippen LogP contribution in [0, 0.1) is 11.3 Å². The second-order valence-corrected chi connectivity index (χ2v) is 7.55. The van der Waals surface area contributed by atoms with Crippen molar-refractivity contribution in [3.63, 3.8) is 0 Å². The summed E-state index contributed by atoms with van der Waals surface area (Å²) in [6, 6.07) is 19.3. The zero-order valence-electron chi connectivity index (χ0n) is 19.5. The summed E-state index contributed by atoms with van der Waals surface area (Å²) in [6.07, 6.45) is 0. The van der Waals surface area contributed by atoms with Crippen molar-refractivity contribution in [2.45, 2.75) is 12.8 Å². The fourth-order valence-electron chi connectivity index (χ4n) is 3.96. The number of hydrogen-bond donors (Lipinski definition) is 1. The Morgan fingerprint density at radius 1 is 1.00 bits per heavy atom. The molecule has 1 aliphatic heterocycles. The molecule has 0 radical (unpaired) electrons. The largest absolute Gasteiger partial charge is 0.497 e. The third-order valence-corrected chi connectivity index (χ3v) is 5.56. The van der Waals surface area contributed by atoms with Crippen LogP contribution in [0.15, 0.2) is 72.1 Å². The Morgan fingerprint density at radius 2 is 1.77 bits per heavy atom. The molecule has 8 heteroatoms. The van der Waals surface area contributed by atoms with E-state index in [4.69, 9.17) is 29.4 Å². The average Bonchev–Trinajstić information content (AvgIpc) is 2.87. The van der Waals surface area contributed by atoms with Gasteiger partial charge >= 0.3 is 5.97 Å². The maximum atomic E-state index is 12.8. The van der Waals surface area contributed by atoms with E-state index >= 15 is 0 Å². The fraction of sp³-hybridized carbons (Fsp3) is 0.185. The molecule has 0 saturated heterocycles. The van der Waals surface area contributed by atoms with Gasteiger partial charge in [-0.1, -0.05) is 18.2 Å². The molecule has 3 aromatic carbocycles. The molecule has 1 unspecified atom stereocenters. The molecule has 0 saturated carbocycles. The fourth-order valence-corrected chi connectivity index (χ4v) is 3.96. The van der Waals surface area contributed by atoms with Gasteiger partial charge < -0.3 is 29.4 Å². The first-order chi connectivity index (χ1) is 17.0. The maximum Gasteiger partial charge on any atom is 0.347 e. The second-order valence-electron chi connectivity index (χ2n) is 7.55. The molecule has 1 atom stereocenters. The van der Waals surface area contributed by atoms with Crippen LogP contribution in [0.1, 0.15) is 34.3 Å². The molecule has 0 spiro atoms. The van der Waals surface area contributed by atoms with E-state index in [0.29, 0.717) is 46.3 Å². The summed E-state index contributed by atoms with van der Waals surface area (Å²) in [5.74, 6) is 1.03. The van der Waals surface area contributed by atoms with Crippen LogP contribution >= 0.6 is 0 Å². The average molecular weight is 472 g/mol. The van der Waals surface area contributed by atoms with E-state index in [1.807, 2.05) is 6.92 Å². The predicted octanol–water partition coefficient (Wildman–Crippen LogP) is 4.54. The van der Waals surface area contributed by atoms with Crippen LogP contribution in [-0.2, 0) is 0 Å². The first-order valence-corrected chi connectivity index (χ1v) is 10.9. The van der Waals surface area contributed by atoms with E-state index in [9.17, 15) is 10.1 Å². The molecule has 1 aliphatic rings. The van der Waals surface area contributed by atoms with Gasteiger partial charge in [0.1, 0.15) is 46.0 Å². The molecule has 0 aromatic heterocycles. The molecular formula is C27H24N2O6. The van der Waals surface area contributed by atoms with Crippen molar-refractivity contribution in [2.75, 3.05) is 20.8 Å². The molecule has 178 valence electrons. The SMILES string of the molecule is CCOc1ccccc1C(=O)Oc1ccc2c(c1)OC(N)=C(C#N)C2c1cc(OC)ccc1OC.